The van der Waals surface area contributed by atoms with Gasteiger partial charge in [-0.2, -0.15) is 0 Å². The Hall–Kier alpha value is -3.83. The Kier molecular flexibility index (Phi) is 14.5. The van der Waals surface area contributed by atoms with Crippen LogP contribution in [-0.4, -0.2) is 133 Å². The Bertz CT molecular complexity index is 1630. The molecule has 1 unspecified atom stereocenters. The van der Waals surface area contributed by atoms with E-state index in [0.29, 0.717) is 6.42 Å². The van der Waals surface area contributed by atoms with E-state index < -0.39 is 95.8 Å². The largest absolute Gasteiger partial charge is 0.458 e. The van der Waals surface area contributed by atoms with E-state index in [0.717, 1.165) is 5.56 Å². The second kappa shape index (κ2) is 18.6. The van der Waals surface area contributed by atoms with Crippen LogP contribution in [0.2, 0.25) is 0 Å². The van der Waals surface area contributed by atoms with Crippen LogP contribution < -0.4 is 16.0 Å². The number of carbonyl (C=O) groups is 5. The molecule has 2 bridgehead atoms. The number of ether oxygens (including phenoxy) is 6. The summed E-state index contributed by atoms with van der Waals surface area (Å²) in [5, 5.41) is 20.2. The molecule has 324 valence electrons. The molecule has 15 atom stereocenters. The van der Waals surface area contributed by atoms with Crippen molar-refractivity contribution >= 4 is 29.8 Å². The quantitative estimate of drug-likeness (QED) is 0.232. The minimum Gasteiger partial charge on any atom is -0.458 e. The normalized spacial score (nSPS) is 40.4. The molecule has 4 heterocycles. The number of likely N-dealkylation sites (N-methyl/N-ethyl adjacent to an activating group) is 1. The average Bonchev–Trinajstić information content (AvgIpc) is 3.47. The van der Waals surface area contributed by atoms with Crippen molar-refractivity contribution in [2.24, 2.45) is 23.7 Å². The molecule has 58 heavy (non-hydrogen) atoms. The third-order valence-corrected chi connectivity index (χ3v) is 12.5. The number of nitrogens with zero attached hydrogens (tertiary/aromatic N) is 1. The highest BCUT2D eigenvalue weighted by molar-refractivity contribution is 5.85. The van der Waals surface area contributed by atoms with Crippen LogP contribution in [0.15, 0.2) is 30.3 Å². The number of ketones is 1. The number of amides is 3. The summed E-state index contributed by atoms with van der Waals surface area (Å²) in [5.74, 6) is -4.64. The Morgan fingerprint density at radius 2 is 1.69 bits per heavy atom. The summed E-state index contributed by atoms with van der Waals surface area (Å²) >= 11 is 0. The van der Waals surface area contributed by atoms with Crippen molar-refractivity contribution in [1.29, 1.82) is 0 Å². The molecule has 16 nitrogen and oxygen atoms in total. The summed E-state index contributed by atoms with van der Waals surface area (Å²) in [4.78, 5) is 70.8. The summed E-state index contributed by atoms with van der Waals surface area (Å²) in [6.07, 6.45) is -6.52. The Morgan fingerprint density at radius 1 is 1.00 bits per heavy atom. The Morgan fingerprint density at radius 3 is 2.34 bits per heavy atom. The molecule has 0 spiro atoms. The highest BCUT2D eigenvalue weighted by atomic mass is 16.7. The first-order valence-electron chi connectivity index (χ1n) is 20.6. The van der Waals surface area contributed by atoms with Crippen molar-refractivity contribution in [2.75, 3.05) is 27.2 Å². The van der Waals surface area contributed by atoms with E-state index in [1.54, 1.807) is 48.5 Å². The monoisotopic (exact) mass is 816 g/mol. The van der Waals surface area contributed by atoms with Gasteiger partial charge in [0.25, 0.3) is 0 Å². The predicted molar refractivity (Wildman–Crippen MR) is 210 cm³/mol. The van der Waals surface area contributed by atoms with Gasteiger partial charge in [0.15, 0.2) is 11.9 Å². The molecule has 4 aliphatic rings. The number of fused-ring (bicyclic) bond motifs is 4. The van der Waals surface area contributed by atoms with Gasteiger partial charge in [0, 0.05) is 30.3 Å². The molecule has 0 aliphatic carbocycles. The van der Waals surface area contributed by atoms with Crippen LogP contribution in [0.25, 0.3) is 0 Å². The zero-order chi connectivity index (χ0) is 42.7. The number of cyclic esters (lactones) is 1. The molecule has 16 heteroatoms. The molecule has 1 aromatic rings. The molecule has 4 saturated heterocycles. The van der Waals surface area contributed by atoms with Gasteiger partial charge in [0.05, 0.1) is 43.2 Å². The first kappa shape index (κ1) is 45.3. The van der Waals surface area contributed by atoms with Gasteiger partial charge in [-0.05, 0) is 66.6 Å². The minimum atomic E-state index is -1.62. The highest BCUT2D eigenvalue weighted by Gasteiger charge is 2.58. The van der Waals surface area contributed by atoms with E-state index in [-0.39, 0.29) is 56.3 Å². The molecule has 4 fully saturated rings. The Balaban J connectivity index is 1.61. The van der Waals surface area contributed by atoms with Crippen LogP contribution >= 0.6 is 0 Å². The van der Waals surface area contributed by atoms with E-state index >= 15 is 0 Å². The van der Waals surface area contributed by atoms with E-state index in [2.05, 4.69) is 16.0 Å². The average molecular weight is 817 g/mol. The lowest BCUT2D eigenvalue weighted by atomic mass is 9.73. The smallest absolute Gasteiger partial charge is 0.408 e. The van der Waals surface area contributed by atoms with Gasteiger partial charge < -0.3 is 54.4 Å². The standard InChI is InChI=1S/C42H64N4O12/c1-11-30-42(8)35(45-40(52)58-42)24(4)32(48)22(2)19-41(7)36(56-38-33(49)29(46(9)10)17-23(3)54-38)25(5)34(26(6)37(50)55-30)53-21-28(20-43-39(51)57-41)44-31(47)18-27-15-13-12-14-16-27/h12-16,22-26,28-30,33-36,38,49H,11,17-21H2,1-10H3,(H,43,51)(H,44,47)(H,45,52)/t22-,23-,24+,25+,26-,28?,29+,30-,33-,34+,35+,36-,38+,41-,42-/m1/s1. The number of nitrogens with one attached hydrogen (secondary N) is 3. The maximum Gasteiger partial charge on any atom is 0.408 e. The second-order valence-corrected chi connectivity index (χ2v) is 17.4. The first-order valence-corrected chi connectivity index (χ1v) is 20.6. The number of carbonyl (C=O) groups excluding carboxylic acids is 5. The number of rotatable bonds is 7. The molecule has 1 aromatic carbocycles. The van der Waals surface area contributed by atoms with E-state index in [9.17, 15) is 29.1 Å². The van der Waals surface area contributed by atoms with Crippen molar-refractivity contribution < 1.29 is 57.5 Å². The maximum atomic E-state index is 14.5. The van der Waals surface area contributed by atoms with Crippen LogP contribution in [0.4, 0.5) is 9.59 Å². The fourth-order valence-electron chi connectivity index (χ4n) is 9.42. The fraction of sp³-hybridized carbons (Fsp3) is 0.738. The van der Waals surface area contributed by atoms with Crippen LogP contribution in [0.1, 0.15) is 80.2 Å². The van der Waals surface area contributed by atoms with E-state index in [1.807, 2.05) is 56.3 Å². The van der Waals surface area contributed by atoms with E-state index in [4.69, 9.17) is 28.4 Å². The Labute approximate surface area is 341 Å². The van der Waals surface area contributed by atoms with E-state index in [1.165, 1.54) is 0 Å². The number of aliphatic hydroxyl groups excluding tert-OH is 1. The van der Waals surface area contributed by atoms with Gasteiger partial charge >= 0.3 is 18.2 Å². The van der Waals surface area contributed by atoms with Crippen LogP contribution in [0, 0.1) is 23.7 Å². The van der Waals surface area contributed by atoms with Crippen molar-refractivity contribution in [3.63, 3.8) is 0 Å². The first-order chi connectivity index (χ1) is 27.3. The van der Waals surface area contributed by atoms with Gasteiger partial charge in [-0.15, -0.1) is 0 Å². The molecule has 5 rings (SSSR count). The van der Waals surface area contributed by atoms with Gasteiger partial charge in [0.2, 0.25) is 5.91 Å². The van der Waals surface area contributed by atoms with Crippen molar-refractivity contribution in [3.05, 3.63) is 35.9 Å². The summed E-state index contributed by atoms with van der Waals surface area (Å²) in [5.41, 5.74) is -2.23. The van der Waals surface area contributed by atoms with Crippen molar-refractivity contribution in [2.45, 2.75) is 147 Å². The number of hydrogen-bond acceptors (Lipinski definition) is 13. The van der Waals surface area contributed by atoms with Crippen LogP contribution in [-0.2, 0) is 49.2 Å². The van der Waals surface area contributed by atoms with Crippen LogP contribution in [0.3, 0.4) is 0 Å². The lowest BCUT2D eigenvalue weighted by Crippen LogP contribution is -2.61. The summed E-state index contributed by atoms with van der Waals surface area (Å²) < 4.78 is 38.1. The van der Waals surface area contributed by atoms with Crippen molar-refractivity contribution in [3.8, 4) is 0 Å². The fourth-order valence-corrected chi connectivity index (χ4v) is 9.42. The summed E-state index contributed by atoms with van der Waals surface area (Å²) in [6.45, 7) is 13.6. The lowest BCUT2D eigenvalue weighted by Gasteiger charge is -2.48. The minimum absolute atomic E-state index is 0.0632. The third-order valence-electron chi connectivity index (χ3n) is 12.5. The van der Waals surface area contributed by atoms with Gasteiger partial charge in [-0.25, -0.2) is 9.59 Å². The molecule has 4 aliphatic heterocycles. The number of aliphatic hydroxyl groups is 1. The molecule has 4 N–H and O–H groups in total. The molecular formula is C42H64N4O12. The number of esters is 1. The molecular weight excluding hydrogens is 752 g/mol. The molecule has 0 aromatic heterocycles. The number of Topliss-reactive ketones (excluding diaryl/α,β-unsaturated/α-hetero) is 1. The van der Waals surface area contributed by atoms with Gasteiger partial charge in [0.1, 0.15) is 29.7 Å². The molecule has 0 saturated carbocycles. The molecule has 0 radical (unpaired) electrons. The topological polar surface area (TPSA) is 200 Å². The number of alkyl carbamates (subject to hydrolysis) is 2. The number of hydrogen-bond donors (Lipinski definition) is 4. The molecule has 3 amide bonds. The maximum absolute atomic E-state index is 14.5. The van der Waals surface area contributed by atoms with Crippen molar-refractivity contribution in [1.82, 2.24) is 20.9 Å². The van der Waals surface area contributed by atoms with Crippen LogP contribution in [0.5, 0.6) is 0 Å². The van der Waals surface area contributed by atoms with Gasteiger partial charge in [-0.1, -0.05) is 58.0 Å². The predicted octanol–water partition coefficient (Wildman–Crippen LogP) is 3.11. The SMILES string of the molecule is CC[C@H]1OC(=O)[C@H](C)[C@H]2OCC(NC(=O)Cc3ccccc3)CNC(=O)O[C@](C)(C[C@@H](C)C(=O)[C@H](C)[C@@H]3NC(=O)O[C@]13C)[C@H](O[C@@H]1O[C@H](C)C[C@H](N(C)C)[C@H]1O)[C@H]2C. The zero-order valence-electron chi connectivity index (χ0n) is 35.5. The zero-order valence-corrected chi connectivity index (χ0v) is 35.5. The highest BCUT2D eigenvalue weighted by Crippen LogP contribution is 2.42. The van der Waals surface area contributed by atoms with Gasteiger partial charge in [-0.3, -0.25) is 14.4 Å². The third kappa shape index (κ3) is 9.95. The summed E-state index contributed by atoms with van der Waals surface area (Å²) in [6, 6.07) is 7.24. The number of benzene rings is 1. The second-order valence-electron chi connectivity index (χ2n) is 17.4. The summed E-state index contributed by atoms with van der Waals surface area (Å²) in [7, 11) is 3.71. The lowest BCUT2D eigenvalue weighted by molar-refractivity contribution is -0.299.